The van der Waals surface area contributed by atoms with Gasteiger partial charge in [-0.3, -0.25) is 4.79 Å². The van der Waals surface area contributed by atoms with Crippen LogP contribution in [0.2, 0.25) is 0 Å². The summed E-state index contributed by atoms with van der Waals surface area (Å²) in [4.78, 5) is 11.0. The Hall–Kier alpha value is -0.610. The summed E-state index contributed by atoms with van der Waals surface area (Å²) in [7, 11) is 0. The van der Waals surface area contributed by atoms with Gasteiger partial charge in [0.1, 0.15) is 0 Å². The zero-order valence-electron chi connectivity index (χ0n) is 9.72. The molecule has 0 bridgehead atoms. The van der Waals surface area contributed by atoms with Crippen LogP contribution >= 0.6 is 0 Å². The van der Waals surface area contributed by atoms with E-state index in [0.717, 1.165) is 0 Å². The largest absolute Gasteiger partial charge is 0.389 e. The van der Waals surface area contributed by atoms with Crippen LogP contribution < -0.4 is 11.1 Å². The van der Waals surface area contributed by atoms with Crippen LogP contribution in [0.15, 0.2) is 0 Å². The topological polar surface area (TPSA) is 75.3 Å². The normalized spacial score (nSPS) is 16.8. The maximum atomic E-state index is 11.0. The summed E-state index contributed by atoms with van der Waals surface area (Å²) in [5, 5.41) is 12.9. The number of hydrogen-bond acceptors (Lipinski definition) is 3. The van der Waals surface area contributed by atoms with Gasteiger partial charge in [-0.2, -0.15) is 0 Å². The fraction of sp³-hybridized carbons (Fsp3) is 0.900. The second kappa shape index (κ2) is 4.28. The first-order valence-electron chi connectivity index (χ1n) is 4.87. The van der Waals surface area contributed by atoms with E-state index in [-0.39, 0.29) is 5.92 Å². The third-order valence-corrected chi connectivity index (χ3v) is 2.75. The van der Waals surface area contributed by atoms with E-state index in [1.54, 1.807) is 20.8 Å². The highest BCUT2D eigenvalue weighted by molar-refractivity contribution is 5.83. The number of nitrogens with two attached hydrogens (primary N) is 1. The number of carbonyl (C=O) groups excluding carboxylic acids is 1. The molecule has 4 N–H and O–H groups in total. The Labute approximate surface area is 85.9 Å². The molecule has 0 spiro atoms. The van der Waals surface area contributed by atoms with Crippen LogP contribution in [0.3, 0.4) is 0 Å². The van der Waals surface area contributed by atoms with Gasteiger partial charge in [-0.15, -0.1) is 0 Å². The molecule has 0 rings (SSSR count). The summed E-state index contributed by atoms with van der Waals surface area (Å²) in [6.45, 7) is 9.34. The van der Waals surface area contributed by atoms with Gasteiger partial charge in [-0.05, 0) is 26.7 Å². The molecule has 1 atom stereocenters. The summed E-state index contributed by atoms with van der Waals surface area (Å²) in [5.74, 6) is -0.296. The first-order valence-corrected chi connectivity index (χ1v) is 4.87. The zero-order chi connectivity index (χ0) is 11.6. The fourth-order valence-corrected chi connectivity index (χ4v) is 0.691. The number of nitrogens with one attached hydrogen (secondary N) is 1. The minimum Gasteiger partial charge on any atom is -0.389 e. The van der Waals surface area contributed by atoms with Gasteiger partial charge >= 0.3 is 0 Å². The van der Waals surface area contributed by atoms with Gasteiger partial charge in [-0.1, -0.05) is 13.8 Å². The molecule has 0 aliphatic heterocycles. The number of β-amino-alcohol motifs (C(OH)–C–C–N with tert-alkyl or cyclic N) is 1. The van der Waals surface area contributed by atoms with Crippen molar-refractivity contribution >= 4 is 5.91 Å². The van der Waals surface area contributed by atoms with Crippen molar-refractivity contribution in [1.82, 2.24) is 5.32 Å². The van der Waals surface area contributed by atoms with E-state index in [1.165, 1.54) is 0 Å². The standard InChI is InChI=1S/C10H22N2O2/c1-7(2)10(5,14)6-12-9(3,4)8(11)13/h7,12,14H,6H2,1-5H3,(H2,11,13). The average molecular weight is 202 g/mol. The van der Waals surface area contributed by atoms with Crippen LogP contribution in [0.25, 0.3) is 0 Å². The molecular weight excluding hydrogens is 180 g/mol. The highest BCUT2D eigenvalue weighted by atomic mass is 16.3. The predicted octanol–water partition coefficient (Wildman–Crippen LogP) is 0.247. The summed E-state index contributed by atoms with van der Waals surface area (Å²) < 4.78 is 0. The maximum Gasteiger partial charge on any atom is 0.237 e. The Morgan fingerprint density at radius 1 is 1.43 bits per heavy atom. The summed E-state index contributed by atoms with van der Waals surface area (Å²) in [6.07, 6.45) is 0. The third-order valence-electron chi connectivity index (χ3n) is 2.75. The third kappa shape index (κ3) is 3.64. The second-order valence-corrected chi connectivity index (χ2v) is 4.85. The molecule has 14 heavy (non-hydrogen) atoms. The Morgan fingerprint density at radius 3 is 2.14 bits per heavy atom. The first-order chi connectivity index (χ1) is 6.09. The summed E-state index contributed by atoms with van der Waals surface area (Å²) in [6, 6.07) is 0. The number of aliphatic hydroxyl groups is 1. The van der Waals surface area contributed by atoms with Crippen LogP contribution in [0.5, 0.6) is 0 Å². The molecule has 0 saturated carbocycles. The number of primary amides is 1. The molecule has 0 aromatic heterocycles. The summed E-state index contributed by atoms with van der Waals surface area (Å²) in [5.41, 5.74) is 3.59. The molecule has 0 aromatic rings. The number of carbonyl (C=O) groups is 1. The molecule has 4 nitrogen and oxygen atoms in total. The lowest BCUT2D eigenvalue weighted by atomic mass is 9.91. The molecular formula is C10H22N2O2. The van der Waals surface area contributed by atoms with E-state index in [9.17, 15) is 9.90 Å². The van der Waals surface area contributed by atoms with Crippen LogP contribution in [0.4, 0.5) is 0 Å². The van der Waals surface area contributed by atoms with E-state index < -0.39 is 17.0 Å². The van der Waals surface area contributed by atoms with Gasteiger partial charge in [0.2, 0.25) is 5.91 Å². The van der Waals surface area contributed by atoms with Gasteiger partial charge in [0, 0.05) is 6.54 Å². The van der Waals surface area contributed by atoms with Crippen LogP contribution in [-0.2, 0) is 4.79 Å². The lowest BCUT2D eigenvalue weighted by Gasteiger charge is -2.32. The van der Waals surface area contributed by atoms with Crippen molar-refractivity contribution in [2.24, 2.45) is 11.7 Å². The highest BCUT2D eigenvalue weighted by Gasteiger charge is 2.30. The Kier molecular flexibility index (Phi) is 4.09. The second-order valence-electron chi connectivity index (χ2n) is 4.85. The van der Waals surface area contributed by atoms with E-state index in [1.807, 2.05) is 13.8 Å². The van der Waals surface area contributed by atoms with E-state index in [2.05, 4.69) is 5.32 Å². The fourth-order valence-electron chi connectivity index (χ4n) is 0.691. The summed E-state index contributed by atoms with van der Waals surface area (Å²) >= 11 is 0. The number of amides is 1. The van der Waals surface area contributed by atoms with Crippen LogP contribution in [0.1, 0.15) is 34.6 Å². The van der Waals surface area contributed by atoms with Crippen molar-refractivity contribution in [2.75, 3.05) is 6.54 Å². The molecule has 0 aliphatic carbocycles. The van der Waals surface area contributed by atoms with Crippen LogP contribution in [0, 0.1) is 5.92 Å². The van der Waals surface area contributed by atoms with Crippen molar-refractivity contribution in [3.05, 3.63) is 0 Å². The molecule has 1 amide bonds. The zero-order valence-corrected chi connectivity index (χ0v) is 9.72. The monoisotopic (exact) mass is 202 g/mol. The molecule has 84 valence electrons. The lowest BCUT2D eigenvalue weighted by Crippen LogP contribution is -2.56. The lowest BCUT2D eigenvalue weighted by molar-refractivity contribution is -0.123. The number of hydrogen-bond donors (Lipinski definition) is 3. The molecule has 0 aliphatic rings. The Balaban J connectivity index is 4.25. The highest BCUT2D eigenvalue weighted by Crippen LogP contribution is 2.15. The quantitative estimate of drug-likeness (QED) is 0.598. The van der Waals surface area contributed by atoms with Gasteiger partial charge < -0.3 is 16.2 Å². The first kappa shape index (κ1) is 13.4. The predicted molar refractivity (Wildman–Crippen MR) is 56.7 cm³/mol. The SMILES string of the molecule is CC(C)C(C)(O)CNC(C)(C)C(N)=O. The molecule has 0 heterocycles. The minimum atomic E-state index is -0.827. The molecule has 0 saturated heterocycles. The molecule has 4 heteroatoms. The molecule has 0 radical (unpaired) electrons. The van der Waals surface area contributed by atoms with E-state index >= 15 is 0 Å². The van der Waals surface area contributed by atoms with Crippen molar-refractivity contribution in [3.8, 4) is 0 Å². The van der Waals surface area contributed by atoms with Crippen molar-refractivity contribution in [2.45, 2.75) is 45.8 Å². The van der Waals surface area contributed by atoms with Crippen molar-refractivity contribution in [1.29, 1.82) is 0 Å². The Morgan fingerprint density at radius 2 is 1.86 bits per heavy atom. The van der Waals surface area contributed by atoms with Crippen molar-refractivity contribution < 1.29 is 9.90 Å². The van der Waals surface area contributed by atoms with Crippen molar-refractivity contribution in [3.63, 3.8) is 0 Å². The van der Waals surface area contributed by atoms with Gasteiger partial charge in [0.15, 0.2) is 0 Å². The maximum absolute atomic E-state index is 11.0. The van der Waals surface area contributed by atoms with Gasteiger partial charge in [0.25, 0.3) is 0 Å². The average Bonchev–Trinajstić information content (AvgIpc) is 2.01. The Bertz CT molecular complexity index is 210. The smallest absolute Gasteiger partial charge is 0.237 e. The molecule has 0 fully saturated rings. The van der Waals surface area contributed by atoms with E-state index in [4.69, 9.17) is 5.73 Å². The van der Waals surface area contributed by atoms with Gasteiger partial charge in [-0.25, -0.2) is 0 Å². The molecule has 0 aromatic carbocycles. The molecule has 1 unspecified atom stereocenters. The van der Waals surface area contributed by atoms with E-state index in [0.29, 0.717) is 6.54 Å². The van der Waals surface area contributed by atoms with Gasteiger partial charge in [0.05, 0.1) is 11.1 Å². The minimum absolute atomic E-state index is 0.124. The van der Waals surface area contributed by atoms with Crippen LogP contribution in [-0.4, -0.2) is 28.7 Å². The number of rotatable bonds is 5.